The quantitative estimate of drug-likeness (QED) is 0.705. The lowest BCUT2D eigenvalue weighted by atomic mass is 10.0. The predicted octanol–water partition coefficient (Wildman–Crippen LogP) is 2.88. The molecule has 1 aliphatic rings. The number of aryl methyl sites for hydroxylation is 1. The number of nitrogens with zero attached hydrogens (tertiary/aromatic N) is 2. The molecule has 0 atom stereocenters. The van der Waals surface area contributed by atoms with Crippen LogP contribution in [0.5, 0.6) is 0 Å². The Kier molecular flexibility index (Phi) is 2.32. The Morgan fingerprint density at radius 3 is 2.80 bits per heavy atom. The molecule has 1 aromatic heterocycles. The van der Waals surface area contributed by atoms with Gasteiger partial charge in [0.1, 0.15) is 0 Å². The van der Waals surface area contributed by atoms with Crippen LogP contribution in [0, 0.1) is 0 Å². The lowest BCUT2D eigenvalue weighted by Crippen LogP contribution is -2.08. The Hall–Kier alpha value is -1.26. The van der Waals surface area contributed by atoms with Crippen molar-refractivity contribution in [1.29, 1.82) is 0 Å². The molecule has 0 spiro atoms. The second kappa shape index (κ2) is 3.40. The minimum absolute atomic E-state index is 0.246. The molecule has 0 aliphatic heterocycles. The summed E-state index contributed by atoms with van der Waals surface area (Å²) in [7, 11) is 0. The molecular weight excluding hydrogens is 205 g/mol. The molecule has 1 aromatic rings. The molecule has 15 heavy (non-hydrogen) atoms. The highest BCUT2D eigenvalue weighted by Crippen LogP contribution is 2.35. The van der Waals surface area contributed by atoms with Crippen molar-refractivity contribution in [3.63, 3.8) is 0 Å². The second-order valence-electron chi connectivity index (χ2n) is 3.46. The summed E-state index contributed by atoms with van der Waals surface area (Å²) < 4.78 is 39.3. The highest BCUT2D eigenvalue weighted by atomic mass is 19.4. The van der Waals surface area contributed by atoms with E-state index in [1.54, 1.807) is 13.0 Å². The summed E-state index contributed by atoms with van der Waals surface area (Å²) in [5, 5.41) is 3.62. The predicted molar refractivity (Wildman–Crippen MR) is 50.3 cm³/mol. The summed E-state index contributed by atoms with van der Waals surface area (Å²) in [6.07, 6.45) is 0.366. The van der Waals surface area contributed by atoms with Crippen LogP contribution >= 0.6 is 0 Å². The SMILES string of the molecule is CCn1nc(C(F)(F)F)c2c1CCC=C2. The van der Waals surface area contributed by atoms with Crippen LogP contribution in [0.2, 0.25) is 0 Å². The van der Waals surface area contributed by atoms with Gasteiger partial charge in [-0.2, -0.15) is 18.3 Å². The number of fused-ring (bicyclic) bond motifs is 1. The van der Waals surface area contributed by atoms with E-state index in [0.29, 0.717) is 18.7 Å². The minimum atomic E-state index is -4.35. The third kappa shape index (κ3) is 1.66. The molecule has 0 bridgehead atoms. The van der Waals surface area contributed by atoms with Gasteiger partial charge in [0.2, 0.25) is 0 Å². The first-order valence-corrected chi connectivity index (χ1v) is 4.87. The van der Waals surface area contributed by atoms with E-state index in [0.717, 1.165) is 6.42 Å². The maximum Gasteiger partial charge on any atom is 0.435 e. The first-order chi connectivity index (χ1) is 7.04. The Balaban J connectivity index is 2.58. The van der Waals surface area contributed by atoms with Crippen LogP contribution in [0.25, 0.3) is 6.08 Å². The number of aromatic nitrogens is 2. The van der Waals surface area contributed by atoms with Crippen molar-refractivity contribution in [2.45, 2.75) is 32.5 Å². The van der Waals surface area contributed by atoms with Gasteiger partial charge < -0.3 is 0 Å². The van der Waals surface area contributed by atoms with Gasteiger partial charge in [0.05, 0.1) is 0 Å². The zero-order chi connectivity index (χ0) is 11.1. The molecule has 82 valence electrons. The Morgan fingerprint density at radius 1 is 1.47 bits per heavy atom. The third-order valence-corrected chi connectivity index (χ3v) is 2.50. The van der Waals surface area contributed by atoms with Gasteiger partial charge in [-0.15, -0.1) is 0 Å². The average Bonchev–Trinajstić information content (AvgIpc) is 2.55. The minimum Gasteiger partial charge on any atom is -0.269 e. The fourth-order valence-corrected chi connectivity index (χ4v) is 1.84. The van der Waals surface area contributed by atoms with E-state index in [2.05, 4.69) is 5.10 Å². The lowest BCUT2D eigenvalue weighted by Gasteiger charge is -2.08. The molecule has 0 N–H and O–H groups in total. The van der Waals surface area contributed by atoms with Gasteiger partial charge in [-0.25, -0.2) is 0 Å². The largest absolute Gasteiger partial charge is 0.435 e. The monoisotopic (exact) mass is 216 g/mol. The Morgan fingerprint density at radius 2 is 2.20 bits per heavy atom. The van der Waals surface area contributed by atoms with Crippen molar-refractivity contribution in [1.82, 2.24) is 9.78 Å². The number of hydrogen-bond donors (Lipinski definition) is 0. The van der Waals surface area contributed by atoms with Gasteiger partial charge in [-0.3, -0.25) is 4.68 Å². The Labute approximate surface area is 85.4 Å². The molecule has 0 radical (unpaired) electrons. The van der Waals surface area contributed by atoms with E-state index in [4.69, 9.17) is 0 Å². The van der Waals surface area contributed by atoms with Crippen molar-refractivity contribution in [3.8, 4) is 0 Å². The van der Waals surface area contributed by atoms with Crippen LogP contribution in [-0.4, -0.2) is 9.78 Å². The molecular formula is C10H11F3N2. The number of hydrogen-bond acceptors (Lipinski definition) is 1. The second-order valence-corrected chi connectivity index (χ2v) is 3.46. The fourth-order valence-electron chi connectivity index (χ4n) is 1.84. The number of halogens is 3. The van der Waals surface area contributed by atoms with Gasteiger partial charge in [0.25, 0.3) is 0 Å². The zero-order valence-electron chi connectivity index (χ0n) is 8.30. The van der Waals surface area contributed by atoms with Crippen molar-refractivity contribution in [2.75, 3.05) is 0 Å². The van der Waals surface area contributed by atoms with E-state index in [-0.39, 0.29) is 5.56 Å². The number of allylic oxidation sites excluding steroid dienone is 1. The zero-order valence-corrected chi connectivity index (χ0v) is 8.30. The molecule has 0 amide bonds. The Bertz CT molecular complexity index is 402. The van der Waals surface area contributed by atoms with Gasteiger partial charge in [0.15, 0.2) is 5.69 Å². The van der Waals surface area contributed by atoms with Crippen LogP contribution < -0.4 is 0 Å². The van der Waals surface area contributed by atoms with Crippen LogP contribution in [0.3, 0.4) is 0 Å². The van der Waals surface area contributed by atoms with Crippen LogP contribution in [0.15, 0.2) is 6.08 Å². The van der Waals surface area contributed by atoms with Crippen LogP contribution in [0.1, 0.15) is 30.3 Å². The molecule has 1 heterocycles. The highest BCUT2D eigenvalue weighted by Gasteiger charge is 2.38. The summed E-state index contributed by atoms with van der Waals surface area (Å²) >= 11 is 0. The van der Waals surface area contributed by atoms with E-state index < -0.39 is 11.9 Å². The molecule has 1 aliphatic carbocycles. The molecule has 0 saturated heterocycles. The summed E-state index contributed by atoms with van der Waals surface area (Å²) in [4.78, 5) is 0. The van der Waals surface area contributed by atoms with Crippen molar-refractivity contribution < 1.29 is 13.2 Å². The average molecular weight is 216 g/mol. The molecule has 5 heteroatoms. The molecule has 0 fully saturated rings. The van der Waals surface area contributed by atoms with Crippen LogP contribution in [-0.2, 0) is 19.1 Å². The number of alkyl halides is 3. The first-order valence-electron chi connectivity index (χ1n) is 4.87. The fraction of sp³-hybridized carbons (Fsp3) is 0.500. The van der Waals surface area contributed by atoms with E-state index in [1.807, 2.05) is 0 Å². The normalized spacial score (nSPS) is 15.5. The molecule has 0 aromatic carbocycles. The summed E-state index contributed by atoms with van der Waals surface area (Å²) in [6, 6.07) is 0. The van der Waals surface area contributed by atoms with E-state index in [1.165, 1.54) is 10.8 Å². The maximum atomic E-state index is 12.6. The van der Waals surface area contributed by atoms with E-state index >= 15 is 0 Å². The topological polar surface area (TPSA) is 17.8 Å². The lowest BCUT2D eigenvalue weighted by molar-refractivity contribution is -0.141. The maximum absolute atomic E-state index is 12.6. The summed E-state index contributed by atoms with van der Waals surface area (Å²) in [5.41, 5.74) is 0.193. The molecule has 2 nitrogen and oxygen atoms in total. The van der Waals surface area contributed by atoms with Crippen molar-refractivity contribution >= 4 is 6.08 Å². The van der Waals surface area contributed by atoms with Gasteiger partial charge in [-0.05, 0) is 19.8 Å². The number of rotatable bonds is 1. The molecule has 2 rings (SSSR count). The summed E-state index contributed by atoms with van der Waals surface area (Å²) in [6.45, 7) is 2.28. The highest BCUT2D eigenvalue weighted by molar-refractivity contribution is 5.58. The van der Waals surface area contributed by atoms with Gasteiger partial charge in [0, 0.05) is 17.8 Å². The third-order valence-electron chi connectivity index (χ3n) is 2.50. The van der Waals surface area contributed by atoms with Crippen LogP contribution in [0.4, 0.5) is 13.2 Å². The standard InChI is InChI=1S/C10H11F3N2/c1-2-15-8-6-4-3-5-7(8)9(14-15)10(11,12)13/h3,5H,2,4,6H2,1H3. The van der Waals surface area contributed by atoms with Gasteiger partial charge in [-0.1, -0.05) is 12.2 Å². The van der Waals surface area contributed by atoms with Gasteiger partial charge >= 0.3 is 6.18 Å². The molecule has 0 saturated carbocycles. The first kappa shape index (κ1) is 10.3. The summed E-state index contributed by atoms with van der Waals surface area (Å²) in [5.74, 6) is 0. The smallest absolute Gasteiger partial charge is 0.269 e. The van der Waals surface area contributed by atoms with Crippen molar-refractivity contribution in [3.05, 3.63) is 23.0 Å². The van der Waals surface area contributed by atoms with Crippen molar-refractivity contribution in [2.24, 2.45) is 0 Å². The van der Waals surface area contributed by atoms with E-state index in [9.17, 15) is 13.2 Å². The molecule has 0 unspecified atom stereocenters.